The van der Waals surface area contributed by atoms with E-state index in [1.807, 2.05) is 38.2 Å². The number of H-pyrrole nitrogens is 2. The Hall–Kier alpha value is -9.30. The lowest BCUT2D eigenvalue weighted by atomic mass is 9.90. The molecule has 0 aliphatic carbocycles. The topological polar surface area (TPSA) is 521 Å². The third kappa shape index (κ3) is 28.1. The van der Waals surface area contributed by atoms with Gasteiger partial charge in [-0.2, -0.15) is 0 Å². The first-order valence-corrected chi connectivity index (χ1v) is 32.9. The minimum Gasteiger partial charge on any atom is -0.481 e. The maximum absolute atomic E-state index is 15.2. The molecule has 0 radical (unpaired) electrons. The molecular formula is C64H103N17O16. The molecule has 19 N–H and O–H groups in total. The Labute approximate surface area is 564 Å². The highest BCUT2D eigenvalue weighted by Crippen LogP contribution is 2.22. The molecule has 0 spiro atoms. The molecule has 12 atom stereocenters. The summed E-state index contributed by atoms with van der Waals surface area (Å²) < 4.78 is 0. The number of amides is 13. The van der Waals surface area contributed by atoms with Crippen molar-refractivity contribution in [2.45, 2.75) is 238 Å². The van der Waals surface area contributed by atoms with Crippen molar-refractivity contribution in [3.63, 3.8) is 0 Å². The minimum absolute atomic E-state index is 0.00101. The van der Waals surface area contributed by atoms with Crippen LogP contribution in [0.1, 0.15) is 171 Å². The summed E-state index contributed by atoms with van der Waals surface area (Å²) >= 11 is 0. The third-order valence-corrected chi connectivity index (χ3v) is 16.3. The molecule has 97 heavy (non-hydrogen) atoms. The third-order valence-electron chi connectivity index (χ3n) is 16.3. The fraction of sp³-hybridized carbons (Fsp3) is 0.656. The number of nitrogens with zero attached hydrogens (tertiary/aromatic N) is 2. The van der Waals surface area contributed by atoms with Gasteiger partial charge in [0.1, 0.15) is 65.5 Å². The normalized spacial score (nSPS) is 21.7. The number of aromatic amines is 2. The quantitative estimate of drug-likeness (QED) is 0.0366. The van der Waals surface area contributed by atoms with Crippen LogP contribution in [0.4, 0.5) is 0 Å². The number of hydrogen-bond acceptors (Lipinski definition) is 17. The fourth-order valence-electron chi connectivity index (χ4n) is 10.7. The van der Waals surface area contributed by atoms with E-state index in [0.717, 1.165) is 0 Å². The second kappa shape index (κ2) is 39.7. The molecule has 540 valence electrons. The second-order valence-corrected chi connectivity index (χ2v) is 26.5. The monoisotopic (exact) mass is 1370 g/mol. The van der Waals surface area contributed by atoms with Gasteiger partial charge in [0.05, 0.1) is 25.7 Å². The Morgan fingerprint density at radius 1 is 0.629 bits per heavy atom. The predicted octanol–water partition coefficient (Wildman–Crippen LogP) is -1.64. The van der Waals surface area contributed by atoms with Gasteiger partial charge in [-0.1, -0.05) is 74.0 Å². The van der Waals surface area contributed by atoms with E-state index in [4.69, 9.17) is 11.5 Å². The summed E-state index contributed by atoms with van der Waals surface area (Å²) in [6.07, 6.45) is 8.64. The molecule has 3 heterocycles. The summed E-state index contributed by atoms with van der Waals surface area (Å²) in [5.41, 5.74) is 7.99. The lowest BCUT2D eigenvalue weighted by Gasteiger charge is -2.35. The van der Waals surface area contributed by atoms with Gasteiger partial charge in [0.15, 0.2) is 0 Å². The van der Waals surface area contributed by atoms with Crippen molar-refractivity contribution in [1.82, 2.24) is 78.4 Å². The molecule has 0 saturated heterocycles. The zero-order valence-electron chi connectivity index (χ0n) is 57.4. The van der Waals surface area contributed by atoms with Gasteiger partial charge in [-0.15, -0.1) is 0 Å². The van der Waals surface area contributed by atoms with Crippen LogP contribution in [0, 0.1) is 23.7 Å². The molecule has 2 aromatic heterocycles. The number of imidazole rings is 2. The van der Waals surface area contributed by atoms with Crippen LogP contribution >= 0.6 is 0 Å². The zero-order chi connectivity index (χ0) is 72.9. The molecule has 1 aliphatic rings. The van der Waals surface area contributed by atoms with E-state index in [2.05, 4.69) is 73.1 Å². The number of aliphatic hydroxyl groups excluding tert-OH is 1. The van der Waals surface area contributed by atoms with Crippen LogP contribution < -0.4 is 70.0 Å². The van der Waals surface area contributed by atoms with Crippen molar-refractivity contribution in [2.24, 2.45) is 35.1 Å². The average Bonchev–Trinajstić information content (AvgIpc) is 1.01. The lowest BCUT2D eigenvalue weighted by molar-refractivity contribution is -0.141. The van der Waals surface area contributed by atoms with Crippen LogP contribution in [0.25, 0.3) is 0 Å². The van der Waals surface area contributed by atoms with Gasteiger partial charge in [0.2, 0.25) is 76.8 Å². The summed E-state index contributed by atoms with van der Waals surface area (Å²) in [6, 6.07) is -13.3. The molecule has 2 aromatic rings. The number of aromatic nitrogens is 4. The van der Waals surface area contributed by atoms with Gasteiger partial charge in [-0.25, -0.2) is 9.97 Å². The average molecular weight is 1370 g/mol. The van der Waals surface area contributed by atoms with Crippen molar-refractivity contribution in [1.29, 1.82) is 0 Å². The van der Waals surface area contributed by atoms with Gasteiger partial charge < -0.3 is 90.1 Å². The van der Waals surface area contributed by atoms with E-state index < -0.39 is 180 Å². The number of aliphatic hydroxyl groups is 1. The molecule has 33 nitrogen and oxygen atoms in total. The van der Waals surface area contributed by atoms with Gasteiger partial charge >= 0.3 is 5.97 Å². The van der Waals surface area contributed by atoms with Gasteiger partial charge in [-0.3, -0.25) is 67.1 Å². The highest BCUT2D eigenvalue weighted by molar-refractivity contribution is 6.01. The van der Waals surface area contributed by atoms with E-state index in [1.54, 1.807) is 34.6 Å². The molecule has 0 aromatic carbocycles. The number of aliphatic carboxylic acids is 1. The van der Waals surface area contributed by atoms with E-state index in [0.29, 0.717) is 37.1 Å². The highest BCUT2D eigenvalue weighted by atomic mass is 16.4. The molecule has 0 bridgehead atoms. The smallest absolute Gasteiger partial charge is 0.305 e. The SMILES string of the molecule is CC[C@H](C)[C@@H]1NC(=O)[C@@](C)(NC(=O)[C@H](Cc2cnc[nH]2)NC(C)=O)CCC/C=C/CCC[C@@](C)(C(=O)N[C@@H](CC(C)C)C(=O)N[C@@H](CC(C)C)C(=O)N[C@@H](CCC(N)=O)C(=O)N[C@@H](CC(=O)O)C(=O)N[C@@H](CO)C(N)=O)NC(=O)[C@H](Cc2cnc[nH]2)NC(=O)[C@H](CC(C)C)NC1=O. The van der Waals surface area contributed by atoms with Crippen LogP contribution in [0.15, 0.2) is 37.2 Å². The van der Waals surface area contributed by atoms with Crippen LogP contribution in [-0.2, 0) is 80.0 Å². The first kappa shape index (κ1) is 81.9. The number of nitrogens with two attached hydrogens (primary N) is 2. The van der Waals surface area contributed by atoms with Crippen LogP contribution in [0.2, 0.25) is 0 Å². The van der Waals surface area contributed by atoms with Crippen molar-refractivity contribution < 1.29 is 77.3 Å². The molecule has 0 fully saturated rings. The number of allylic oxidation sites excluding steroid dienone is 2. The first-order valence-electron chi connectivity index (χ1n) is 32.9. The number of nitrogens with one attached hydrogen (secondary N) is 13. The van der Waals surface area contributed by atoms with Crippen molar-refractivity contribution >= 4 is 82.8 Å². The van der Waals surface area contributed by atoms with E-state index in [-0.39, 0.29) is 69.1 Å². The van der Waals surface area contributed by atoms with Gasteiger partial charge in [0.25, 0.3) is 0 Å². The van der Waals surface area contributed by atoms with Crippen LogP contribution in [0.5, 0.6) is 0 Å². The van der Waals surface area contributed by atoms with E-state index in [9.17, 15) is 67.7 Å². The number of hydrogen-bond donors (Lipinski definition) is 17. The predicted molar refractivity (Wildman–Crippen MR) is 352 cm³/mol. The Bertz CT molecular complexity index is 3050. The number of carboxylic acids is 1. The largest absolute Gasteiger partial charge is 0.481 e. The van der Waals surface area contributed by atoms with Crippen molar-refractivity contribution in [2.75, 3.05) is 6.61 Å². The maximum atomic E-state index is 15.2. The Morgan fingerprint density at radius 2 is 1.15 bits per heavy atom. The van der Waals surface area contributed by atoms with E-state index in [1.165, 1.54) is 45.8 Å². The summed E-state index contributed by atoms with van der Waals surface area (Å²) in [5, 5.41) is 48.2. The Kier molecular flexibility index (Phi) is 33.5. The number of carbonyl (C=O) groups excluding carboxylic acids is 13. The number of carboxylic acid groups (broad SMARTS) is 1. The first-order chi connectivity index (χ1) is 45.5. The molecular weight excluding hydrogens is 1260 g/mol. The molecule has 13 amide bonds. The highest BCUT2D eigenvalue weighted by Gasteiger charge is 2.43. The Balaban J connectivity index is 2.13. The summed E-state index contributed by atoms with van der Waals surface area (Å²) in [7, 11) is 0. The Morgan fingerprint density at radius 3 is 1.67 bits per heavy atom. The molecule has 1 aliphatic heterocycles. The van der Waals surface area contributed by atoms with Crippen molar-refractivity contribution in [3.05, 3.63) is 48.6 Å². The number of carbonyl (C=O) groups is 14. The molecule has 0 saturated carbocycles. The maximum Gasteiger partial charge on any atom is 0.305 e. The summed E-state index contributed by atoms with van der Waals surface area (Å²) in [6.45, 7) is 17.4. The standard InChI is InChI=1S/C64H103N17O16/c1-12-37(8)51-60(95)76-43(24-35(4)5)55(90)74-46(27-40-30-68-33-70-40)59(94)81-63(10,21-17-15-13-14-16-18-22-64(11,62(97)79-51)80-58(93)45(71-38(9)83)26-39-29-67-32-69-39)61(96)78-44(25-36(6)7)56(91)73-42(23-34(2)3)54(89)72-41(19-20-49(65)84)53(88)75-47(28-50(85)86)57(92)77-48(31-82)52(66)87/h13-14,29-30,32-37,41-48,51,82H,12,15-28,31H2,1-11H3,(H2,65,84)(H2,66,87)(H,67,69)(H,68,70)(H,71,83)(H,72,89)(H,73,91)(H,74,90)(H,75,88)(H,76,95)(H,77,92)(H,78,96)(H,79,97)(H,80,93)(H,81,94)(H,85,86)/b14-13+/t37-,41-,42-,43-,44-,45-,46-,47-,48-,51-,63-,64-/m0/s1. The second-order valence-electron chi connectivity index (χ2n) is 26.5. The van der Waals surface area contributed by atoms with Gasteiger partial charge in [-0.05, 0) is 102 Å². The van der Waals surface area contributed by atoms with Gasteiger partial charge in [0, 0.05) is 50.0 Å². The van der Waals surface area contributed by atoms with Crippen LogP contribution in [-0.4, -0.2) is 185 Å². The van der Waals surface area contributed by atoms with Crippen molar-refractivity contribution in [3.8, 4) is 0 Å². The zero-order valence-corrected chi connectivity index (χ0v) is 57.4. The molecule has 33 heteroatoms. The summed E-state index contributed by atoms with van der Waals surface area (Å²) in [5.74, 6) is -14.5. The molecule has 0 unspecified atom stereocenters. The van der Waals surface area contributed by atoms with Crippen LogP contribution in [0.3, 0.4) is 0 Å². The van der Waals surface area contributed by atoms with E-state index >= 15 is 9.59 Å². The molecule has 3 rings (SSSR count). The number of rotatable bonds is 32. The minimum atomic E-state index is -1.90. The summed E-state index contributed by atoms with van der Waals surface area (Å²) in [4.78, 5) is 207. The lowest BCUT2D eigenvalue weighted by Crippen LogP contribution is -2.65. The number of primary amides is 2. The fourth-order valence-corrected chi connectivity index (χ4v) is 10.7.